The molecular weight excluding hydrogens is 270 g/mol. The van der Waals surface area contributed by atoms with Crippen LogP contribution in [0.3, 0.4) is 0 Å². The Balaban J connectivity index is 4.16. The second-order valence-electron chi connectivity index (χ2n) is 4.93. The number of nitrogens with zero attached hydrogens (tertiary/aromatic N) is 1. The number of carbonyl (C=O) groups is 1. The summed E-state index contributed by atoms with van der Waals surface area (Å²) in [5.41, 5.74) is 5.44. The largest absolute Gasteiger partial charge is 0.380 e. The highest BCUT2D eigenvalue weighted by molar-refractivity contribution is 5.79. The smallest absolute Gasteiger partial charge is 0.234 e. The van der Waals surface area contributed by atoms with E-state index >= 15 is 0 Å². The molecule has 0 bridgehead atoms. The second kappa shape index (κ2) is 14.3. The zero-order valence-electron chi connectivity index (χ0n) is 13.9. The van der Waals surface area contributed by atoms with Crippen molar-refractivity contribution in [2.45, 2.75) is 39.7 Å². The van der Waals surface area contributed by atoms with Crippen molar-refractivity contribution < 1.29 is 14.3 Å². The average molecular weight is 303 g/mol. The molecule has 6 heteroatoms. The molecule has 1 amide bonds. The van der Waals surface area contributed by atoms with E-state index in [1.807, 2.05) is 13.8 Å². The third-order valence-corrected chi connectivity index (χ3v) is 3.23. The van der Waals surface area contributed by atoms with Gasteiger partial charge in [-0.1, -0.05) is 6.92 Å². The van der Waals surface area contributed by atoms with Crippen molar-refractivity contribution in [2.24, 2.45) is 5.73 Å². The van der Waals surface area contributed by atoms with Crippen LogP contribution >= 0.6 is 0 Å². The lowest BCUT2D eigenvalue weighted by Crippen LogP contribution is -2.44. The summed E-state index contributed by atoms with van der Waals surface area (Å²) in [7, 11) is 0. The number of ether oxygens (including phenoxy) is 2. The zero-order chi connectivity index (χ0) is 15.9. The second-order valence-corrected chi connectivity index (χ2v) is 4.93. The van der Waals surface area contributed by atoms with E-state index in [4.69, 9.17) is 15.2 Å². The van der Waals surface area contributed by atoms with Crippen LogP contribution in [0.2, 0.25) is 0 Å². The highest BCUT2D eigenvalue weighted by Crippen LogP contribution is 1.98. The maximum absolute atomic E-state index is 11.4. The number of hydrogen-bond donors (Lipinski definition) is 2. The quantitative estimate of drug-likeness (QED) is 0.433. The van der Waals surface area contributed by atoms with Gasteiger partial charge in [0.25, 0.3) is 0 Å². The first-order valence-corrected chi connectivity index (χ1v) is 8.06. The van der Waals surface area contributed by atoms with Crippen molar-refractivity contribution in [3.8, 4) is 0 Å². The Morgan fingerprint density at radius 3 is 2.10 bits per heavy atom. The Labute approximate surface area is 129 Å². The first-order valence-electron chi connectivity index (χ1n) is 8.06. The highest BCUT2D eigenvalue weighted by Gasteiger charge is 2.16. The third kappa shape index (κ3) is 11.6. The number of nitrogens with two attached hydrogens (primary N) is 1. The Kier molecular flexibility index (Phi) is 13.8. The van der Waals surface area contributed by atoms with E-state index in [1.165, 1.54) is 0 Å². The van der Waals surface area contributed by atoms with Gasteiger partial charge in [0.1, 0.15) is 0 Å². The lowest BCUT2D eigenvalue weighted by atomic mass is 10.2. The van der Waals surface area contributed by atoms with Gasteiger partial charge in [0, 0.05) is 32.8 Å². The molecule has 0 aromatic rings. The summed E-state index contributed by atoms with van der Waals surface area (Å²) >= 11 is 0. The predicted molar refractivity (Wildman–Crippen MR) is 85.3 cm³/mol. The Bertz CT molecular complexity index is 242. The molecule has 0 rings (SSSR count). The van der Waals surface area contributed by atoms with E-state index in [2.05, 4.69) is 17.1 Å². The summed E-state index contributed by atoms with van der Waals surface area (Å²) < 4.78 is 10.8. The molecule has 0 fully saturated rings. The predicted octanol–water partition coefficient (Wildman–Crippen LogP) is 0.605. The molecule has 0 saturated carbocycles. The third-order valence-electron chi connectivity index (χ3n) is 3.23. The summed E-state index contributed by atoms with van der Waals surface area (Å²) in [6.07, 6.45) is 1.70. The normalized spacial score (nSPS) is 12.8. The Morgan fingerprint density at radius 1 is 1.10 bits per heavy atom. The number of carbonyl (C=O) groups excluding carboxylic acids is 1. The standard InChI is InChI=1S/C15H33N3O3/c1-4-8-17-14(15(16)19)7-9-18(10-12-20-5-2)11-13-21-6-3/h14,17H,4-13H2,1-3H3,(H2,16,19). The van der Waals surface area contributed by atoms with Crippen molar-refractivity contribution in [1.29, 1.82) is 0 Å². The van der Waals surface area contributed by atoms with Gasteiger partial charge < -0.3 is 20.5 Å². The molecule has 0 radical (unpaired) electrons. The maximum atomic E-state index is 11.4. The molecule has 1 unspecified atom stereocenters. The first kappa shape index (κ1) is 20.3. The number of rotatable bonds is 15. The van der Waals surface area contributed by atoms with Gasteiger partial charge in [0.15, 0.2) is 0 Å². The molecule has 0 aliphatic carbocycles. The fraction of sp³-hybridized carbons (Fsp3) is 0.933. The van der Waals surface area contributed by atoms with Gasteiger partial charge in [-0.05, 0) is 33.2 Å². The fourth-order valence-electron chi connectivity index (χ4n) is 1.99. The molecule has 0 aliphatic heterocycles. The number of amides is 1. The molecule has 3 N–H and O–H groups in total. The molecule has 126 valence electrons. The highest BCUT2D eigenvalue weighted by atomic mass is 16.5. The summed E-state index contributed by atoms with van der Waals surface area (Å²) in [5.74, 6) is -0.280. The average Bonchev–Trinajstić information content (AvgIpc) is 2.46. The van der Waals surface area contributed by atoms with Crippen molar-refractivity contribution in [3.63, 3.8) is 0 Å². The lowest BCUT2D eigenvalue weighted by molar-refractivity contribution is -0.120. The molecule has 0 spiro atoms. The van der Waals surface area contributed by atoms with Gasteiger partial charge in [-0.15, -0.1) is 0 Å². The Morgan fingerprint density at radius 2 is 1.67 bits per heavy atom. The molecule has 0 heterocycles. The van der Waals surface area contributed by atoms with E-state index in [-0.39, 0.29) is 11.9 Å². The minimum Gasteiger partial charge on any atom is -0.380 e. The number of nitrogens with one attached hydrogen (secondary N) is 1. The van der Waals surface area contributed by atoms with Crippen molar-refractivity contribution in [3.05, 3.63) is 0 Å². The minimum atomic E-state index is -0.280. The van der Waals surface area contributed by atoms with Gasteiger partial charge in [-0.2, -0.15) is 0 Å². The van der Waals surface area contributed by atoms with E-state index in [0.717, 1.165) is 45.8 Å². The molecule has 6 nitrogen and oxygen atoms in total. The topological polar surface area (TPSA) is 76.8 Å². The van der Waals surface area contributed by atoms with Crippen molar-refractivity contribution in [2.75, 3.05) is 52.6 Å². The summed E-state index contributed by atoms with van der Waals surface area (Å²) in [6.45, 7) is 12.2. The van der Waals surface area contributed by atoms with Crippen LogP contribution in [-0.2, 0) is 14.3 Å². The van der Waals surface area contributed by atoms with Crippen molar-refractivity contribution in [1.82, 2.24) is 10.2 Å². The van der Waals surface area contributed by atoms with Gasteiger partial charge in [-0.25, -0.2) is 0 Å². The molecular formula is C15H33N3O3. The van der Waals surface area contributed by atoms with Crippen LogP contribution in [0.25, 0.3) is 0 Å². The first-order chi connectivity index (χ1) is 10.2. The monoisotopic (exact) mass is 303 g/mol. The van der Waals surface area contributed by atoms with Gasteiger partial charge in [-0.3, -0.25) is 9.69 Å². The number of primary amides is 1. The molecule has 0 saturated heterocycles. The zero-order valence-corrected chi connectivity index (χ0v) is 13.9. The maximum Gasteiger partial charge on any atom is 0.234 e. The Hall–Kier alpha value is -0.690. The van der Waals surface area contributed by atoms with Crippen LogP contribution in [-0.4, -0.2) is 69.5 Å². The minimum absolute atomic E-state index is 0.258. The molecule has 0 aliphatic rings. The van der Waals surface area contributed by atoms with E-state index in [0.29, 0.717) is 19.6 Å². The van der Waals surface area contributed by atoms with Crippen LogP contribution < -0.4 is 11.1 Å². The van der Waals surface area contributed by atoms with Crippen LogP contribution in [0.1, 0.15) is 33.6 Å². The molecule has 0 aromatic carbocycles. The van der Waals surface area contributed by atoms with Crippen LogP contribution in [0.15, 0.2) is 0 Å². The fourth-order valence-corrected chi connectivity index (χ4v) is 1.99. The van der Waals surface area contributed by atoms with Gasteiger partial charge in [0.2, 0.25) is 5.91 Å². The van der Waals surface area contributed by atoms with Crippen LogP contribution in [0, 0.1) is 0 Å². The van der Waals surface area contributed by atoms with E-state index in [1.54, 1.807) is 0 Å². The summed E-state index contributed by atoms with van der Waals surface area (Å²) in [6, 6.07) is -0.258. The van der Waals surface area contributed by atoms with Gasteiger partial charge in [0.05, 0.1) is 19.3 Å². The summed E-state index contributed by atoms with van der Waals surface area (Å²) in [4.78, 5) is 13.7. The molecule has 0 aromatic heterocycles. The van der Waals surface area contributed by atoms with Crippen LogP contribution in [0.4, 0.5) is 0 Å². The SMILES string of the molecule is CCCNC(CCN(CCOCC)CCOCC)C(N)=O. The summed E-state index contributed by atoms with van der Waals surface area (Å²) in [5, 5.41) is 3.20. The lowest BCUT2D eigenvalue weighted by Gasteiger charge is -2.24. The van der Waals surface area contributed by atoms with Gasteiger partial charge >= 0.3 is 0 Å². The van der Waals surface area contributed by atoms with Crippen LogP contribution in [0.5, 0.6) is 0 Å². The molecule has 21 heavy (non-hydrogen) atoms. The van der Waals surface area contributed by atoms with E-state index in [9.17, 15) is 4.79 Å². The van der Waals surface area contributed by atoms with E-state index < -0.39 is 0 Å². The molecule has 1 atom stereocenters. The number of hydrogen-bond acceptors (Lipinski definition) is 5. The van der Waals surface area contributed by atoms with Crippen molar-refractivity contribution >= 4 is 5.91 Å².